The van der Waals surface area contributed by atoms with Gasteiger partial charge in [-0.2, -0.15) is 5.10 Å². The second kappa shape index (κ2) is 8.34. The number of aryl methyl sites for hydroxylation is 1. The van der Waals surface area contributed by atoms with E-state index in [4.69, 9.17) is 4.74 Å². The molecule has 144 valence electrons. The summed E-state index contributed by atoms with van der Waals surface area (Å²) in [4.78, 5) is 35.6. The van der Waals surface area contributed by atoms with Crippen LogP contribution in [-0.2, 0) is 16.1 Å². The molecule has 0 unspecified atom stereocenters. The molecule has 0 saturated heterocycles. The van der Waals surface area contributed by atoms with Crippen LogP contribution >= 0.6 is 0 Å². The number of nitrogens with zero attached hydrogens (tertiary/aromatic N) is 2. The van der Waals surface area contributed by atoms with Gasteiger partial charge in [0.1, 0.15) is 5.75 Å². The van der Waals surface area contributed by atoms with Crippen molar-refractivity contribution in [2.24, 2.45) is 0 Å². The van der Waals surface area contributed by atoms with E-state index in [1.165, 1.54) is 20.2 Å². The minimum Gasteiger partial charge on any atom is -0.495 e. The molecule has 3 aromatic rings. The fraction of sp³-hybridized carbons (Fsp3) is 0.200. The topological polar surface area (TPSA) is 102 Å². The predicted octanol–water partition coefficient (Wildman–Crippen LogP) is 2.39. The van der Waals surface area contributed by atoms with E-state index >= 15 is 0 Å². The van der Waals surface area contributed by atoms with Crippen LogP contribution in [0.15, 0.2) is 53.5 Å². The molecule has 2 N–H and O–H groups in total. The van der Waals surface area contributed by atoms with Crippen molar-refractivity contribution in [1.82, 2.24) is 9.78 Å². The highest BCUT2D eigenvalue weighted by molar-refractivity contribution is 5.95. The van der Waals surface area contributed by atoms with Crippen molar-refractivity contribution in [3.8, 4) is 5.75 Å². The average molecular weight is 380 g/mol. The van der Waals surface area contributed by atoms with Gasteiger partial charge in [0.2, 0.25) is 17.2 Å². The third-order valence-corrected chi connectivity index (χ3v) is 4.11. The van der Waals surface area contributed by atoms with Crippen LogP contribution < -0.4 is 20.8 Å². The van der Waals surface area contributed by atoms with Crippen LogP contribution in [0.2, 0.25) is 0 Å². The summed E-state index contributed by atoms with van der Waals surface area (Å²) < 4.78 is 6.89. The number of hydrogen-bond donors (Lipinski definition) is 2. The molecule has 0 atom stereocenters. The van der Waals surface area contributed by atoms with Gasteiger partial charge in [0.15, 0.2) is 0 Å². The van der Waals surface area contributed by atoms with Crippen LogP contribution in [0.3, 0.4) is 0 Å². The van der Waals surface area contributed by atoms with E-state index in [2.05, 4.69) is 15.7 Å². The summed E-state index contributed by atoms with van der Waals surface area (Å²) in [5.74, 6) is 0.0239. The SMILES string of the molecule is COc1ccc(NC(C)=O)cc1NC(=O)CCn1ncc(=O)c2ccccc21. The molecular weight excluding hydrogens is 360 g/mol. The molecule has 0 aliphatic heterocycles. The molecule has 28 heavy (non-hydrogen) atoms. The lowest BCUT2D eigenvalue weighted by Gasteiger charge is -2.13. The van der Waals surface area contributed by atoms with E-state index < -0.39 is 0 Å². The van der Waals surface area contributed by atoms with Gasteiger partial charge in [0, 0.05) is 24.4 Å². The van der Waals surface area contributed by atoms with Crippen molar-refractivity contribution in [2.75, 3.05) is 17.7 Å². The number of nitrogens with one attached hydrogen (secondary N) is 2. The summed E-state index contributed by atoms with van der Waals surface area (Å²) in [5, 5.41) is 10.1. The first-order valence-corrected chi connectivity index (χ1v) is 8.68. The fourth-order valence-corrected chi connectivity index (χ4v) is 2.85. The minimum atomic E-state index is -0.247. The Bertz CT molecular complexity index is 1090. The first kappa shape index (κ1) is 19.1. The maximum atomic E-state index is 12.4. The van der Waals surface area contributed by atoms with E-state index in [0.717, 1.165) is 0 Å². The molecule has 1 heterocycles. The number of benzene rings is 2. The first-order valence-electron chi connectivity index (χ1n) is 8.68. The first-order chi connectivity index (χ1) is 13.5. The second-order valence-corrected chi connectivity index (χ2v) is 6.14. The number of amides is 2. The summed E-state index contributed by atoms with van der Waals surface area (Å²) in [6, 6.07) is 12.1. The van der Waals surface area contributed by atoms with E-state index in [0.29, 0.717) is 34.6 Å². The molecule has 0 radical (unpaired) electrons. The van der Waals surface area contributed by atoms with Crippen molar-refractivity contribution in [2.45, 2.75) is 19.9 Å². The van der Waals surface area contributed by atoms with E-state index in [1.54, 1.807) is 41.1 Å². The summed E-state index contributed by atoms with van der Waals surface area (Å²) in [5.41, 5.74) is 1.53. The summed E-state index contributed by atoms with van der Waals surface area (Å²) in [6.07, 6.45) is 1.40. The highest BCUT2D eigenvalue weighted by Crippen LogP contribution is 2.28. The van der Waals surface area contributed by atoms with Crippen LogP contribution in [0, 0.1) is 0 Å². The Balaban J connectivity index is 1.74. The van der Waals surface area contributed by atoms with Crippen molar-refractivity contribution in [1.29, 1.82) is 0 Å². The standard InChI is InChI=1S/C20H20N4O4/c1-13(25)22-14-7-8-19(28-2)16(11-14)23-20(27)9-10-24-17-6-4-3-5-15(17)18(26)12-21-24/h3-8,11-12H,9-10H2,1-2H3,(H,22,25)(H,23,27). The number of para-hydroxylation sites is 1. The molecule has 0 bridgehead atoms. The number of anilines is 2. The predicted molar refractivity (Wildman–Crippen MR) is 107 cm³/mol. The minimum absolute atomic E-state index is 0.146. The largest absolute Gasteiger partial charge is 0.495 e. The Morgan fingerprint density at radius 1 is 1.14 bits per heavy atom. The number of aromatic nitrogens is 2. The lowest BCUT2D eigenvalue weighted by molar-refractivity contribution is -0.116. The number of rotatable bonds is 6. The van der Waals surface area contributed by atoms with Gasteiger partial charge in [-0.1, -0.05) is 12.1 Å². The normalized spacial score (nSPS) is 10.5. The van der Waals surface area contributed by atoms with E-state index in [9.17, 15) is 14.4 Å². The van der Waals surface area contributed by atoms with Crippen LogP contribution in [-0.4, -0.2) is 28.7 Å². The molecule has 0 aliphatic rings. The third-order valence-electron chi connectivity index (χ3n) is 4.11. The van der Waals surface area contributed by atoms with Crippen molar-refractivity contribution >= 4 is 34.1 Å². The second-order valence-electron chi connectivity index (χ2n) is 6.14. The molecule has 8 nitrogen and oxygen atoms in total. The number of hydrogen-bond acceptors (Lipinski definition) is 5. The van der Waals surface area contributed by atoms with Gasteiger partial charge >= 0.3 is 0 Å². The monoisotopic (exact) mass is 380 g/mol. The highest BCUT2D eigenvalue weighted by Gasteiger charge is 2.11. The average Bonchev–Trinajstić information content (AvgIpc) is 2.67. The quantitative estimate of drug-likeness (QED) is 0.684. The Kier molecular flexibility index (Phi) is 5.69. The number of carbonyl (C=O) groups excluding carboxylic acids is 2. The van der Waals surface area contributed by atoms with Crippen LogP contribution in [0.4, 0.5) is 11.4 Å². The molecule has 3 rings (SSSR count). The molecule has 2 aromatic carbocycles. The number of ether oxygens (including phenoxy) is 1. The summed E-state index contributed by atoms with van der Waals surface area (Å²) in [7, 11) is 1.50. The Labute approximate surface area is 161 Å². The molecule has 8 heteroatoms. The van der Waals surface area contributed by atoms with Gasteiger partial charge in [0.05, 0.1) is 31.1 Å². The summed E-state index contributed by atoms with van der Waals surface area (Å²) in [6.45, 7) is 1.71. The molecule has 0 aliphatic carbocycles. The fourth-order valence-electron chi connectivity index (χ4n) is 2.85. The molecule has 0 saturated carbocycles. The number of fused-ring (bicyclic) bond motifs is 1. The number of methoxy groups -OCH3 is 1. The van der Waals surface area contributed by atoms with Crippen LogP contribution in [0.1, 0.15) is 13.3 Å². The van der Waals surface area contributed by atoms with Gasteiger partial charge in [-0.25, -0.2) is 0 Å². The van der Waals surface area contributed by atoms with E-state index in [1.807, 2.05) is 6.07 Å². The van der Waals surface area contributed by atoms with Gasteiger partial charge in [-0.05, 0) is 30.3 Å². The van der Waals surface area contributed by atoms with Crippen LogP contribution in [0.5, 0.6) is 5.75 Å². The molecule has 0 spiro atoms. The number of carbonyl (C=O) groups is 2. The lowest BCUT2D eigenvalue weighted by Crippen LogP contribution is -2.18. The van der Waals surface area contributed by atoms with Gasteiger partial charge < -0.3 is 15.4 Å². The zero-order valence-corrected chi connectivity index (χ0v) is 15.6. The van der Waals surface area contributed by atoms with Crippen molar-refractivity contribution in [3.63, 3.8) is 0 Å². The van der Waals surface area contributed by atoms with Crippen molar-refractivity contribution < 1.29 is 14.3 Å². The third kappa shape index (κ3) is 4.35. The Morgan fingerprint density at radius 2 is 1.93 bits per heavy atom. The van der Waals surface area contributed by atoms with Gasteiger partial charge in [-0.3, -0.25) is 19.1 Å². The zero-order valence-electron chi connectivity index (χ0n) is 15.6. The molecular formula is C20H20N4O4. The zero-order chi connectivity index (χ0) is 20.1. The van der Waals surface area contributed by atoms with Crippen LogP contribution in [0.25, 0.3) is 10.9 Å². The van der Waals surface area contributed by atoms with Crippen molar-refractivity contribution in [3.05, 3.63) is 58.9 Å². The molecule has 0 fully saturated rings. The Hall–Kier alpha value is -3.68. The van der Waals surface area contributed by atoms with Gasteiger partial charge in [-0.15, -0.1) is 0 Å². The smallest absolute Gasteiger partial charge is 0.226 e. The highest BCUT2D eigenvalue weighted by atomic mass is 16.5. The molecule has 2 amide bonds. The Morgan fingerprint density at radius 3 is 2.68 bits per heavy atom. The maximum absolute atomic E-state index is 12.4. The van der Waals surface area contributed by atoms with E-state index in [-0.39, 0.29) is 23.7 Å². The molecule has 1 aromatic heterocycles. The summed E-state index contributed by atoms with van der Waals surface area (Å²) >= 11 is 0. The lowest BCUT2D eigenvalue weighted by atomic mass is 10.2. The maximum Gasteiger partial charge on any atom is 0.226 e. The van der Waals surface area contributed by atoms with Gasteiger partial charge in [0.25, 0.3) is 0 Å².